The van der Waals surface area contributed by atoms with Crippen LogP contribution in [0.2, 0.25) is 0 Å². The molecule has 0 N–H and O–H groups in total. The number of rotatable bonds is 2. The van der Waals surface area contributed by atoms with E-state index in [1.54, 1.807) is 36.4 Å². The minimum Gasteiger partial charge on any atom is -0.378 e. The summed E-state index contributed by atoms with van der Waals surface area (Å²) >= 11 is 11.8. The van der Waals surface area contributed by atoms with Crippen LogP contribution in [0.3, 0.4) is 0 Å². The summed E-state index contributed by atoms with van der Waals surface area (Å²) in [5.41, 5.74) is -3.52. The zero-order valence-corrected chi connectivity index (χ0v) is 15.7. The summed E-state index contributed by atoms with van der Waals surface area (Å²) in [7, 11) is 3.68. The first kappa shape index (κ1) is 18.7. The van der Waals surface area contributed by atoms with E-state index in [-0.39, 0.29) is 11.1 Å². The fraction of sp³-hybridized carbons (Fsp3) is 0.211. The van der Waals surface area contributed by atoms with E-state index < -0.39 is 32.5 Å². The van der Waals surface area contributed by atoms with Gasteiger partial charge in [0.2, 0.25) is 11.6 Å². The number of halogens is 2. The fourth-order valence-electron chi connectivity index (χ4n) is 3.59. The summed E-state index contributed by atoms with van der Waals surface area (Å²) < 4.78 is 0. The first-order valence-corrected chi connectivity index (χ1v) is 8.40. The first-order chi connectivity index (χ1) is 12.7. The van der Waals surface area contributed by atoms with Gasteiger partial charge < -0.3 is 4.90 Å². The van der Waals surface area contributed by atoms with Gasteiger partial charge in [-0.15, -0.1) is 0 Å². The first-order valence-electron chi connectivity index (χ1n) is 7.65. The van der Waals surface area contributed by atoms with Crippen LogP contribution < -0.4 is 4.90 Å². The smallest absolute Gasteiger partial charge is 0.203 e. The van der Waals surface area contributed by atoms with Gasteiger partial charge in [-0.25, -0.2) is 0 Å². The van der Waals surface area contributed by atoms with Gasteiger partial charge in [0.15, 0.2) is 10.8 Å². The summed E-state index contributed by atoms with van der Waals surface area (Å²) in [5, 5.41) is 28.0. The molecule has 0 heterocycles. The van der Waals surface area contributed by atoms with Crippen LogP contribution in [0.5, 0.6) is 0 Å². The van der Waals surface area contributed by atoms with Crippen molar-refractivity contribution in [1.29, 1.82) is 15.8 Å². The second-order valence-corrected chi connectivity index (χ2v) is 7.07. The molecule has 0 spiro atoms. The van der Waals surface area contributed by atoms with E-state index in [0.29, 0.717) is 5.56 Å². The number of allylic oxidation sites excluding steroid dienone is 4. The highest BCUT2D eigenvalue weighted by molar-refractivity contribution is 6.59. The molecule has 27 heavy (non-hydrogen) atoms. The molecule has 0 saturated heterocycles. The number of hydrogen-bond acceptors (Lipinski definition) is 6. The molecule has 3 rings (SSSR count). The number of carbonyl (C=O) groups excluding carboxylic acids is 2. The Hall–Kier alpha value is -3.11. The van der Waals surface area contributed by atoms with Gasteiger partial charge in [0, 0.05) is 25.4 Å². The number of hydrogen-bond donors (Lipinski definition) is 0. The van der Waals surface area contributed by atoms with Gasteiger partial charge in [0.25, 0.3) is 0 Å². The maximum atomic E-state index is 12.9. The lowest BCUT2D eigenvalue weighted by atomic mass is 9.42. The van der Waals surface area contributed by atoms with Gasteiger partial charge in [0.05, 0.1) is 23.8 Å². The van der Waals surface area contributed by atoms with Crippen LogP contribution in [0.4, 0.5) is 5.69 Å². The molecule has 132 valence electrons. The maximum Gasteiger partial charge on any atom is 0.203 e. The van der Waals surface area contributed by atoms with E-state index in [2.05, 4.69) is 0 Å². The number of nitriles is 3. The number of benzene rings is 1. The molecule has 2 atom stereocenters. The number of nitrogens with zero attached hydrogens (tertiary/aromatic N) is 4. The van der Waals surface area contributed by atoms with Crippen molar-refractivity contribution in [1.82, 2.24) is 0 Å². The average molecular weight is 397 g/mol. The second kappa shape index (κ2) is 5.96. The Labute approximate surface area is 165 Å². The molecule has 6 nitrogen and oxygen atoms in total. The molecule has 2 aliphatic rings. The van der Waals surface area contributed by atoms with Gasteiger partial charge in [-0.2, -0.15) is 15.8 Å². The van der Waals surface area contributed by atoms with Gasteiger partial charge >= 0.3 is 0 Å². The van der Waals surface area contributed by atoms with Crippen molar-refractivity contribution in [3.05, 3.63) is 45.5 Å². The third-order valence-electron chi connectivity index (χ3n) is 4.95. The fourth-order valence-corrected chi connectivity index (χ4v) is 4.05. The third-order valence-corrected chi connectivity index (χ3v) is 5.77. The Morgan fingerprint density at radius 2 is 1.37 bits per heavy atom. The minimum absolute atomic E-state index is 0.0139. The summed E-state index contributed by atoms with van der Waals surface area (Å²) in [4.78, 5) is 27.5. The van der Waals surface area contributed by atoms with E-state index in [9.17, 15) is 25.4 Å². The van der Waals surface area contributed by atoms with E-state index in [1.165, 1.54) is 0 Å². The molecule has 2 aliphatic carbocycles. The van der Waals surface area contributed by atoms with Crippen LogP contribution in [0, 0.1) is 44.8 Å². The second-order valence-electron chi connectivity index (χ2n) is 6.31. The Kier molecular flexibility index (Phi) is 4.12. The molecule has 0 aliphatic heterocycles. The van der Waals surface area contributed by atoms with Crippen LogP contribution in [0.1, 0.15) is 5.56 Å². The number of ketones is 2. The number of Topliss-reactive ketones (excluding diaryl/α,β-unsaturated/α-hetero) is 2. The van der Waals surface area contributed by atoms with Crippen molar-refractivity contribution >= 4 is 46.0 Å². The normalized spacial score (nSPS) is 26.6. The van der Waals surface area contributed by atoms with Crippen LogP contribution in [0.15, 0.2) is 39.9 Å². The van der Waals surface area contributed by atoms with Crippen molar-refractivity contribution < 1.29 is 9.59 Å². The zero-order chi connectivity index (χ0) is 20.1. The third kappa shape index (κ3) is 1.93. The average Bonchev–Trinajstić information content (AvgIpc) is 2.66. The molecular formula is C19H10Cl2N4O2. The molecular weight excluding hydrogens is 387 g/mol. The van der Waals surface area contributed by atoms with Gasteiger partial charge in [-0.05, 0) is 17.7 Å². The SMILES string of the molecule is CN(C)c1ccc(C2=C(C#N)[C@@]3(C#N)C(=O)C(Cl)=C(Cl)C(=O)[C@@]23C#N)cc1. The van der Waals surface area contributed by atoms with Crippen molar-refractivity contribution in [2.45, 2.75) is 0 Å². The summed E-state index contributed by atoms with van der Waals surface area (Å²) in [6.07, 6.45) is 0. The molecule has 0 aromatic heterocycles. The molecule has 0 unspecified atom stereocenters. The highest BCUT2D eigenvalue weighted by atomic mass is 35.5. The summed E-state index contributed by atoms with van der Waals surface area (Å²) in [6.45, 7) is 0. The van der Waals surface area contributed by atoms with E-state index in [1.807, 2.05) is 25.1 Å². The quantitative estimate of drug-likeness (QED) is 0.759. The molecule has 0 bridgehead atoms. The highest BCUT2D eigenvalue weighted by Gasteiger charge is 2.77. The van der Waals surface area contributed by atoms with Crippen LogP contribution in [-0.2, 0) is 9.59 Å². The lowest BCUT2D eigenvalue weighted by Gasteiger charge is -2.51. The largest absolute Gasteiger partial charge is 0.378 e. The maximum absolute atomic E-state index is 12.9. The van der Waals surface area contributed by atoms with Gasteiger partial charge in [-0.1, -0.05) is 35.3 Å². The van der Waals surface area contributed by atoms with Gasteiger partial charge in [0.1, 0.15) is 10.1 Å². The lowest BCUT2D eigenvalue weighted by Crippen LogP contribution is -2.62. The monoisotopic (exact) mass is 396 g/mol. The van der Waals surface area contributed by atoms with E-state index in [4.69, 9.17) is 23.2 Å². The van der Waals surface area contributed by atoms with Crippen LogP contribution in [0.25, 0.3) is 5.57 Å². The highest BCUT2D eigenvalue weighted by Crippen LogP contribution is 2.68. The van der Waals surface area contributed by atoms with Crippen molar-refractivity contribution in [2.75, 3.05) is 19.0 Å². The lowest BCUT2D eigenvalue weighted by molar-refractivity contribution is -0.134. The number of carbonyl (C=O) groups is 2. The molecule has 0 saturated carbocycles. The van der Waals surface area contributed by atoms with Gasteiger partial charge in [-0.3, -0.25) is 9.59 Å². The zero-order valence-electron chi connectivity index (χ0n) is 14.2. The van der Waals surface area contributed by atoms with Crippen LogP contribution in [-0.4, -0.2) is 25.7 Å². The van der Waals surface area contributed by atoms with Crippen LogP contribution >= 0.6 is 23.2 Å². The predicted octanol–water partition coefficient (Wildman–Crippen LogP) is 2.90. The van der Waals surface area contributed by atoms with E-state index >= 15 is 0 Å². The Morgan fingerprint density at radius 3 is 1.78 bits per heavy atom. The Morgan fingerprint density at radius 1 is 0.889 bits per heavy atom. The van der Waals surface area contributed by atoms with Crippen molar-refractivity contribution in [3.63, 3.8) is 0 Å². The topological polar surface area (TPSA) is 109 Å². The Bertz CT molecular complexity index is 1100. The van der Waals surface area contributed by atoms with E-state index in [0.717, 1.165) is 5.69 Å². The molecule has 0 radical (unpaired) electrons. The Balaban J connectivity index is 2.38. The van der Waals surface area contributed by atoms with Crippen molar-refractivity contribution in [2.24, 2.45) is 10.8 Å². The molecule has 1 aromatic carbocycles. The van der Waals surface area contributed by atoms with Crippen molar-refractivity contribution in [3.8, 4) is 18.2 Å². The summed E-state index contributed by atoms with van der Waals surface area (Å²) in [6, 6.07) is 12.0. The molecule has 0 amide bonds. The number of anilines is 1. The standard InChI is InChI=1S/C19H10Cl2N4O2/c1-25(2)11-5-3-10(4-6-11)13-12(7-22)18(8-23)16(26)14(20)15(21)17(27)19(13,18)9-24/h3-6H,1-2H3/t18-,19+/m0/s1. The minimum atomic E-state index is -2.29. The predicted molar refractivity (Wildman–Crippen MR) is 98.1 cm³/mol. The molecule has 1 aromatic rings. The summed E-state index contributed by atoms with van der Waals surface area (Å²) in [5.74, 6) is -1.97. The number of fused-ring (bicyclic) bond motifs is 1. The molecule has 0 fully saturated rings. The molecule has 8 heteroatoms.